The normalized spacial score (nSPS) is 24.8. The molecule has 1 aromatic rings. The van der Waals surface area contributed by atoms with Gasteiger partial charge in [-0.2, -0.15) is 4.98 Å². The lowest BCUT2D eigenvalue weighted by atomic mass is 10.1. The first-order valence-electron chi connectivity index (χ1n) is 7.91. The van der Waals surface area contributed by atoms with Crippen molar-refractivity contribution in [3.8, 4) is 5.88 Å². The van der Waals surface area contributed by atoms with Gasteiger partial charge in [-0.3, -0.25) is 9.78 Å². The molecule has 0 radical (unpaired) electrons. The molecule has 0 saturated carbocycles. The van der Waals surface area contributed by atoms with Crippen LogP contribution in [0.5, 0.6) is 5.88 Å². The number of alkyl halides is 1. The summed E-state index contributed by atoms with van der Waals surface area (Å²) in [4.78, 5) is 24.6. The minimum Gasteiger partial charge on any atom is -0.477 e. The summed E-state index contributed by atoms with van der Waals surface area (Å²) in [6, 6.07) is -0.547. The molecule has 2 fully saturated rings. The average molecular weight is 324 g/mol. The van der Waals surface area contributed by atoms with Crippen LogP contribution in [0.3, 0.4) is 0 Å². The molecule has 2 atom stereocenters. The van der Waals surface area contributed by atoms with Crippen molar-refractivity contribution in [1.82, 2.24) is 14.9 Å². The molecular weight excluding hydrogens is 303 g/mol. The van der Waals surface area contributed by atoms with Gasteiger partial charge in [0.25, 0.3) is 0 Å². The van der Waals surface area contributed by atoms with Crippen molar-refractivity contribution in [3.05, 3.63) is 12.4 Å². The Morgan fingerprint density at radius 2 is 2.22 bits per heavy atom. The van der Waals surface area contributed by atoms with Crippen molar-refractivity contribution < 1.29 is 18.7 Å². The molecule has 7 nitrogen and oxygen atoms in total. The van der Waals surface area contributed by atoms with Gasteiger partial charge < -0.3 is 19.3 Å². The number of hydrogen-bond donors (Lipinski definition) is 0. The fraction of sp³-hybridized carbons (Fsp3) is 0.667. The number of ether oxygens (including phenoxy) is 2. The van der Waals surface area contributed by atoms with Gasteiger partial charge in [0.2, 0.25) is 11.8 Å². The SMILES string of the molecule is CCOc1cncc(N2C[C@H](F)C[C@H]2C(=O)N2CCOCC2)n1. The maximum Gasteiger partial charge on any atom is 0.245 e. The predicted molar refractivity (Wildman–Crippen MR) is 81.2 cm³/mol. The maximum atomic E-state index is 14.0. The number of halogens is 1. The second-order valence-electron chi connectivity index (χ2n) is 5.59. The van der Waals surface area contributed by atoms with Gasteiger partial charge in [0.1, 0.15) is 12.2 Å². The molecular formula is C15H21FN4O3. The highest BCUT2D eigenvalue weighted by Crippen LogP contribution is 2.28. The van der Waals surface area contributed by atoms with E-state index in [2.05, 4.69) is 9.97 Å². The fourth-order valence-corrected chi connectivity index (χ4v) is 2.96. The largest absolute Gasteiger partial charge is 0.477 e. The summed E-state index contributed by atoms with van der Waals surface area (Å²) < 4.78 is 24.6. The number of morpholine rings is 1. The van der Waals surface area contributed by atoms with E-state index in [1.54, 1.807) is 16.0 Å². The summed E-state index contributed by atoms with van der Waals surface area (Å²) in [5.74, 6) is 0.782. The predicted octanol–water partition coefficient (Wildman–Crippen LogP) is 0.651. The number of nitrogens with zero attached hydrogens (tertiary/aromatic N) is 4. The molecule has 1 aromatic heterocycles. The van der Waals surface area contributed by atoms with Crippen LogP contribution in [-0.2, 0) is 9.53 Å². The Morgan fingerprint density at radius 3 is 2.96 bits per heavy atom. The van der Waals surface area contributed by atoms with Gasteiger partial charge in [-0.25, -0.2) is 4.39 Å². The number of carbonyl (C=O) groups is 1. The van der Waals surface area contributed by atoms with Gasteiger partial charge in [0.05, 0.1) is 38.8 Å². The molecule has 0 N–H and O–H groups in total. The van der Waals surface area contributed by atoms with E-state index in [1.807, 2.05) is 6.92 Å². The average Bonchev–Trinajstić information content (AvgIpc) is 2.97. The molecule has 2 saturated heterocycles. The fourth-order valence-electron chi connectivity index (χ4n) is 2.96. The van der Waals surface area contributed by atoms with Crippen LogP contribution >= 0.6 is 0 Å². The molecule has 2 aliphatic heterocycles. The number of aromatic nitrogens is 2. The topological polar surface area (TPSA) is 67.8 Å². The van der Waals surface area contributed by atoms with Gasteiger partial charge in [0.15, 0.2) is 5.82 Å². The molecule has 0 spiro atoms. The van der Waals surface area contributed by atoms with E-state index in [-0.39, 0.29) is 18.9 Å². The van der Waals surface area contributed by atoms with Crippen LogP contribution in [-0.4, -0.2) is 72.4 Å². The van der Waals surface area contributed by atoms with E-state index in [9.17, 15) is 9.18 Å². The summed E-state index contributed by atoms with van der Waals surface area (Å²) in [5.41, 5.74) is 0. The second-order valence-corrected chi connectivity index (χ2v) is 5.59. The highest BCUT2D eigenvalue weighted by Gasteiger charge is 2.40. The first kappa shape index (κ1) is 15.9. The van der Waals surface area contributed by atoms with Crippen molar-refractivity contribution in [1.29, 1.82) is 0 Å². The molecule has 0 bridgehead atoms. The molecule has 8 heteroatoms. The summed E-state index contributed by atoms with van der Waals surface area (Å²) in [7, 11) is 0. The zero-order valence-corrected chi connectivity index (χ0v) is 13.2. The first-order valence-corrected chi connectivity index (χ1v) is 7.91. The summed E-state index contributed by atoms with van der Waals surface area (Å²) in [6.07, 6.45) is 2.17. The minimum atomic E-state index is -1.05. The lowest BCUT2D eigenvalue weighted by Crippen LogP contribution is -2.50. The van der Waals surface area contributed by atoms with Crippen LogP contribution in [0, 0.1) is 0 Å². The van der Waals surface area contributed by atoms with Crippen molar-refractivity contribution in [2.75, 3.05) is 44.4 Å². The van der Waals surface area contributed by atoms with Crippen LogP contribution in [0.1, 0.15) is 13.3 Å². The second kappa shape index (κ2) is 7.08. The van der Waals surface area contributed by atoms with Gasteiger partial charge in [-0.05, 0) is 6.92 Å². The van der Waals surface area contributed by atoms with Crippen LogP contribution < -0.4 is 9.64 Å². The number of amides is 1. The van der Waals surface area contributed by atoms with Gasteiger partial charge >= 0.3 is 0 Å². The van der Waals surface area contributed by atoms with Crippen molar-refractivity contribution in [3.63, 3.8) is 0 Å². The van der Waals surface area contributed by atoms with E-state index < -0.39 is 12.2 Å². The highest BCUT2D eigenvalue weighted by atomic mass is 19.1. The Morgan fingerprint density at radius 1 is 1.43 bits per heavy atom. The quantitative estimate of drug-likeness (QED) is 0.810. The lowest BCUT2D eigenvalue weighted by Gasteiger charge is -2.32. The number of carbonyl (C=O) groups excluding carboxylic acids is 1. The summed E-state index contributed by atoms with van der Waals surface area (Å²) >= 11 is 0. The zero-order chi connectivity index (χ0) is 16.2. The Labute approximate surface area is 134 Å². The summed E-state index contributed by atoms with van der Waals surface area (Å²) in [6.45, 7) is 4.61. The Bertz CT molecular complexity index is 553. The van der Waals surface area contributed by atoms with Crippen LogP contribution in [0.15, 0.2) is 12.4 Å². The Hall–Kier alpha value is -1.96. The number of anilines is 1. The van der Waals surface area contributed by atoms with Crippen LogP contribution in [0.25, 0.3) is 0 Å². The van der Waals surface area contributed by atoms with Crippen LogP contribution in [0.4, 0.5) is 10.2 Å². The molecule has 2 aliphatic rings. The smallest absolute Gasteiger partial charge is 0.245 e. The molecule has 0 aliphatic carbocycles. The highest BCUT2D eigenvalue weighted by molar-refractivity contribution is 5.86. The molecule has 0 unspecified atom stereocenters. The maximum absolute atomic E-state index is 14.0. The van der Waals surface area contributed by atoms with E-state index in [0.29, 0.717) is 44.6 Å². The van der Waals surface area contributed by atoms with E-state index in [4.69, 9.17) is 9.47 Å². The molecule has 3 heterocycles. The lowest BCUT2D eigenvalue weighted by molar-refractivity contribution is -0.136. The van der Waals surface area contributed by atoms with E-state index in [1.165, 1.54) is 6.20 Å². The standard InChI is InChI=1S/C15H21FN4O3/c1-2-23-14-9-17-8-13(18-14)20-10-11(16)7-12(20)15(21)19-3-5-22-6-4-19/h8-9,11-12H,2-7,10H2,1H3/t11-,12+/m1/s1. The number of rotatable bonds is 4. The molecule has 1 amide bonds. The Balaban J connectivity index is 1.78. The van der Waals surface area contributed by atoms with Crippen molar-refractivity contribution in [2.45, 2.75) is 25.6 Å². The first-order chi connectivity index (χ1) is 11.2. The van der Waals surface area contributed by atoms with Gasteiger partial charge in [-0.1, -0.05) is 0 Å². The molecule has 126 valence electrons. The van der Waals surface area contributed by atoms with Crippen molar-refractivity contribution in [2.24, 2.45) is 0 Å². The monoisotopic (exact) mass is 324 g/mol. The summed E-state index contributed by atoms with van der Waals surface area (Å²) in [5, 5.41) is 0. The third-order valence-electron chi connectivity index (χ3n) is 4.04. The van der Waals surface area contributed by atoms with E-state index >= 15 is 0 Å². The van der Waals surface area contributed by atoms with E-state index in [0.717, 1.165) is 0 Å². The number of hydrogen-bond acceptors (Lipinski definition) is 6. The third kappa shape index (κ3) is 3.52. The molecule has 3 rings (SSSR count). The van der Waals surface area contributed by atoms with Gasteiger partial charge in [0, 0.05) is 19.5 Å². The van der Waals surface area contributed by atoms with Crippen LogP contribution in [0.2, 0.25) is 0 Å². The Kier molecular flexibility index (Phi) is 4.90. The molecule has 0 aromatic carbocycles. The third-order valence-corrected chi connectivity index (χ3v) is 4.04. The molecule has 23 heavy (non-hydrogen) atoms. The van der Waals surface area contributed by atoms with Crippen molar-refractivity contribution >= 4 is 11.7 Å². The van der Waals surface area contributed by atoms with Gasteiger partial charge in [-0.15, -0.1) is 0 Å². The minimum absolute atomic E-state index is 0.0722. The zero-order valence-electron chi connectivity index (χ0n) is 13.2.